The molecule has 0 fully saturated rings. The summed E-state index contributed by atoms with van der Waals surface area (Å²) in [5, 5.41) is 3.31. The predicted octanol–water partition coefficient (Wildman–Crippen LogP) is 2.52. The van der Waals surface area contributed by atoms with Crippen molar-refractivity contribution in [3.8, 4) is 5.75 Å². The van der Waals surface area contributed by atoms with Crippen LogP contribution in [0.2, 0.25) is 0 Å². The van der Waals surface area contributed by atoms with Crippen LogP contribution >= 0.6 is 0 Å². The van der Waals surface area contributed by atoms with Gasteiger partial charge in [0, 0.05) is 12.0 Å². The first-order valence-corrected chi connectivity index (χ1v) is 5.83. The van der Waals surface area contributed by atoms with E-state index in [0.717, 1.165) is 24.3 Å². The van der Waals surface area contributed by atoms with Crippen molar-refractivity contribution in [2.24, 2.45) is 0 Å². The van der Waals surface area contributed by atoms with Crippen molar-refractivity contribution in [1.82, 2.24) is 5.32 Å². The third-order valence-electron chi connectivity index (χ3n) is 3.21. The highest BCUT2D eigenvalue weighted by atomic mass is 16.5. The summed E-state index contributed by atoms with van der Waals surface area (Å²) in [5.74, 6) is 1.02. The zero-order valence-electron chi connectivity index (χ0n) is 9.77. The number of furan rings is 1. The first kappa shape index (κ1) is 10.4. The van der Waals surface area contributed by atoms with E-state index >= 15 is 0 Å². The van der Waals surface area contributed by atoms with Gasteiger partial charge in [0.25, 0.3) is 0 Å². The van der Waals surface area contributed by atoms with E-state index in [1.54, 1.807) is 12.5 Å². The molecule has 1 aliphatic rings. The quantitative estimate of drug-likeness (QED) is 0.878. The molecule has 17 heavy (non-hydrogen) atoms. The zero-order chi connectivity index (χ0) is 11.7. The molecule has 88 valence electrons. The zero-order valence-corrected chi connectivity index (χ0v) is 9.77. The van der Waals surface area contributed by atoms with Crippen molar-refractivity contribution in [3.63, 3.8) is 0 Å². The van der Waals surface area contributed by atoms with Crippen LogP contribution in [0.5, 0.6) is 5.75 Å². The molecular formula is C14H15NO2. The number of nitrogens with one attached hydrogen (secondary N) is 1. The number of hydrogen-bond acceptors (Lipinski definition) is 3. The van der Waals surface area contributed by atoms with Gasteiger partial charge in [-0.05, 0) is 30.3 Å². The molecular weight excluding hydrogens is 214 g/mol. The van der Waals surface area contributed by atoms with E-state index < -0.39 is 0 Å². The third kappa shape index (κ3) is 1.83. The monoisotopic (exact) mass is 229 g/mol. The highest BCUT2D eigenvalue weighted by Crippen LogP contribution is 2.30. The molecule has 0 saturated heterocycles. The summed E-state index contributed by atoms with van der Waals surface area (Å²) >= 11 is 0. The molecule has 2 aromatic rings. The topological polar surface area (TPSA) is 34.4 Å². The molecule has 1 unspecified atom stereocenters. The highest BCUT2D eigenvalue weighted by molar-refractivity contribution is 5.42. The molecule has 0 bridgehead atoms. The van der Waals surface area contributed by atoms with Crippen molar-refractivity contribution in [3.05, 3.63) is 53.5 Å². The standard InChI is InChI=1S/C14H15NO2/c1-15-14(12-4-6-16-9-12)11-2-3-13-10(8-11)5-7-17-13/h2-4,6,8-9,14-15H,5,7H2,1H3. The molecule has 1 aliphatic heterocycles. The van der Waals surface area contributed by atoms with Crippen LogP contribution in [0.1, 0.15) is 22.7 Å². The molecule has 1 aromatic carbocycles. The van der Waals surface area contributed by atoms with E-state index in [2.05, 4.69) is 23.5 Å². The van der Waals surface area contributed by atoms with Crippen molar-refractivity contribution in [1.29, 1.82) is 0 Å². The normalized spacial score (nSPS) is 15.4. The van der Waals surface area contributed by atoms with Crippen LogP contribution in [0.25, 0.3) is 0 Å². The van der Waals surface area contributed by atoms with Gasteiger partial charge in [0.15, 0.2) is 0 Å². The van der Waals surface area contributed by atoms with Gasteiger partial charge in [-0.3, -0.25) is 0 Å². The average molecular weight is 229 g/mol. The van der Waals surface area contributed by atoms with Gasteiger partial charge in [-0.25, -0.2) is 0 Å². The second kappa shape index (κ2) is 4.26. The maximum Gasteiger partial charge on any atom is 0.122 e. The largest absolute Gasteiger partial charge is 0.493 e. The molecule has 0 aliphatic carbocycles. The van der Waals surface area contributed by atoms with Crippen molar-refractivity contribution in [2.75, 3.05) is 13.7 Å². The first-order chi connectivity index (χ1) is 8.38. The van der Waals surface area contributed by atoms with E-state index in [1.165, 1.54) is 11.1 Å². The molecule has 0 saturated carbocycles. The molecule has 0 spiro atoms. The van der Waals surface area contributed by atoms with Gasteiger partial charge < -0.3 is 14.5 Å². The molecule has 0 amide bonds. The van der Waals surface area contributed by atoms with E-state index in [-0.39, 0.29) is 6.04 Å². The van der Waals surface area contributed by atoms with Gasteiger partial charge in [0.1, 0.15) is 5.75 Å². The maximum atomic E-state index is 5.52. The summed E-state index contributed by atoms with van der Waals surface area (Å²) in [6, 6.07) is 8.56. The number of rotatable bonds is 3. The van der Waals surface area contributed by atoms with Gasteiger partial charge in [-0.2, -0.15) is 0 Å². The average Bonchev–Trinajstić information content (AvgIpc) is 2.99. The minimum atomic E-state index is 0.180. The summed E-state index contributed by atoms with van der Waals surface area (Å²) < 4.78 is 10.7. The third-order valence-corrected chi connectivity index (χ3v) is 3.21. The lowest BCUT2D eigenvalue weighted by Gasteiger charge is -2.15. The van der Waals surface area contributed by atoms with Crippen LogP contribution < -0.4 is 10.1 Å². The van der Waals surface area contributed by atoms with Crippen LogP contribution in [0.15, 0.2) is 41.2 Å². The highest BCUT2D eigenvalue weighted by Gasteiger charge is 2.17. The van der Waals surface area contributed by atoms with Crippen LogP contribution in [0, 0.1) is 0 Å². The summed E-state index contributed by atoms with van der Waals surface area (Å²) in [5.41, 5.74) is 3.69. The second-order valence-corrected chi connectivity index (χ2v) is 4.24. The molecule has 3 heteroatoms. The first-order valence-electron chi connectivity index (χ1n) is 5.83. The van der Waals surface area contributed by atoms with Gasteiger partial charge in [-0.1, -0.05) is 12.1 Å². The lowest BCUT2D eigenvalue weighted by molar-refractivity contribution is 0.357. The fourth-order valence-electron chi connectivity index (χ4n) is 2.35. The Labute approximate surface area is 100 Å². The molecule has 1 aromatic heterocycles. The number of fused-ring (bicyclic) bond motifs is 1. The number of ether oxygens (including phenoxy) is 1. The Bertz CT molecular complexity index is 505. The second-order valence-electron chi connectivity index (χ2n) is 4.24. The molecule has 1 N–H and O–H groups in total. The lowest BCUT2D eigenvalue weighted by atomic mass is 9.98. The Balaban J connectivity index is 1.97. The fourth-order valence-corrected chi connectivity index (χ4v) is 2.35. The van der Waals surface area contributed by atoms with Crippen LogP contribution in [0.3, 0.4) is 0 Å². The molecule has 3 nitrogen and oxygen atoms in total. The maximum absolute atomic E-state index is 5.52. The van der Waals surface area contributed by atoms with Crippen LogP contribution in [-0.4, -0.2) is 13.7 Å². The van der Waals surface area contributed by atoms with Crippen molar-refractivity contribution >= 4 is 0 Å². The van der Waals surface area contributed by atoms with Gasteiger partial charge in [-0.15, -0.1) is 0 Å². The number of hydrogen-bond donors (Lipinski definition) is 1. The van der Waals surface area contributed by atoms with Crippen LogP contribution in [-0.2, 0) is 6.42 Å². The van der Waals surface area contributed by atoms with Crippen molar-refractivity contribution < 1.29 is 9.15 Å². The Morgan fingerprint density at radius 3 is 2.94 bits per heavy atom. The minimum Gasteiger partial charge on any atom is -0.493 e. The van der Waals surface area contributed by atoms with Gasteiger partial charge in [0.05, 0.1) is 25.2 Å². The smallest absolute Gasteiger partial charge is 0.122 e. The Kier molecular flexibility index (Phi) is 2.61. The molecule has 2 heterocycles. The van der Waals surface area contributed by atoms with Crippen LogP contribution in [0.4, 0.5) is 0 Å². The van der Waals surface area contributed by atoms with E-state index in [4.69, 9.17) is 9.15 Å². The Hall–Kier alpha value is -1.74. The predicted molar refractivity (Wildman–Crippen MR) is 65.3 cm³/mol. The van der Waals surface area contributed by atoms with E-state index in [1.807, 2.05) is 13.1 Å². The van der Waals surface area contributed by atoms with Crippen molar-refractivity contribution in [2.45, 2.75) is 12.5 Å². The molecule has 0 radical (unpaired) electrons. The summed E-state index contributed by atoms with van der Waals surface area (Å²) in [7, 11) is 1.96. The lowest BCUT2D eigenvalue weighted by Crippen LogP contribution is -2.17. The molecule has 1 atom stereocenters. The minimum absolute atomic E-state index is 0.180. The van der Waals surface area contributed by atoms with Gasteiger partial charge >= 0.3 is 0 Å². The summed E-state index contributed by atoms with van der Waals surface area (Å²) in [6.45, 7) is 0.800. The fraction of sp³-hybridized carbons (Fsp3) is 0.286. The molecule has 3 rings (SSSR count). The summed E-state index contributed by atoms with van der Waals surface area (Å²) in [6.07, 6.45) is 4.49. The SMILES string of the molecule is CNC(c1ccoc1)c1ccc2c(c1)CCO2. The summed E-state index contributed by atoms with van der Waals surface area (Å²) in [4.78, 5) is 0. The van der Waals surface area contributed by atoms with E-state index in [9.17, 15) is 0 Å². The Morgan fingerprint density at radius 2 is 2.18 bits per heavy atom. The number of benzene rings is 1. The van der Waals surface area contributed by atoms with Gasteiger partial charge in [0.2, 0.25) is 0 Å². The van der Waals surface area contributed by atoms with E-state index in [0.29, 0.717) is 0 Å². The Morgan fingerprint density at radius 1 is 1.24 bits per heavy atom.